The number of phosphoric acid groups is 1. The van der Waals surface area contributed by atoms with Crippen LogP contribution in [0.3, 0.4) is 0 Å². The lowest BCUT2D eigenvalue weighted by atomic mass is 10.0. The molecule has 3 N–H and O–H groups in total. The number of quaternary nitrogens is 1. The first kappa shape index (κ1) is 50.0. The number of aliphatic hydroxyl groups is 1. The summed E-state index contributed by atoms with van der Waals surface area (Å²) in [7, 11) is 1.55. The summed E-state index contributed by atoms with van der Waals surface area (Å²) in [5.41, 5.74) is 0. The van der Waals surface area contributed by atoms with Gasteiger partial charge in [-0.15, -0.1) is 0 Å². The number of hydrogen-bond donors (Lipinski definition) is 3. The minimum absolute atomic E-state index is 0.0562. The molecule has 1 aliphatic heterocycles. The predicted octanol–water partition coefficient (Wildman–Crippen LogP) is 10.7. The molecule has 0 radical (unpaired) electrons. The van der Waals surface area contributed by atoms with Gasteiger partial charge in [0.2, 0.25) is 5.91 Å². The zero-order valence-corrected chi connectivity index (χ0v) is 35.8. The number of amides is 1. The molecule has 1 heterocycles. The molecule has 1 fully saturated rings. The number of aliphatic hydroxyl groups excluding tert-OH is 1. The Morgan fingerprint density at radius 3 is 1.89 bits per heavy atom. The smallest absolute Gasteiger partial charge is 0.387 e. The maximum atomic E-state index is 12.9. The van der Waals surface area contributed by atoms with Crippen molar-refractivity contribution in [1.29, 1.82) is 0 Å². The highest BCUT2D eigenvalue weighted by atomic mass is 31.2. The van der Waals surface area contributed by atoms with Gasteiger partial charge in [0.05, 0.1) is 52.1 Å². The molecule has 312 valence electrons. The number of phosphoric ester groups is 1. The SMILES string of the molecule is CCCCC/C=C\CC1OC1CCCCCCCC(=O)N[C@@H](COP(=O)(O)OCC[N+](C)(C)C)[C@H](O)/C=C/CCCCCCCCCCCCCCC. The van der Waals surface area contributed by atoms with E-state index in [0.29, 0.717) is 29.7 Å². The molecule has 3 unspecified atom stereocenters. The Bertz CT molecular complexity index is 986. The number of likely N-dealkylation sites (N-methyl/N-ethyl adjacent to an activating group) is 1. The van der Waals surface area contributed by atoms with Crippen molar-refractivity contribution in [3.8, 4) is 0 Å². The van der Waals surface area contributed by atoms with Crippen molar-refractivity contribution in [2.24, 2.45) is 0 Å². The van der Waals surface area contributed by atoms with Crippen molar-refractivity contribution in [1.82, 2.24) is 5.32 Å². The number of hydrogen-bond acceptors (Lipinski definition) is 6. The van der Waals surface area contributed by atoms with Crippen LogP contribution in [0.25, 0.3) is 0 Å². The Hall–Kier alpha value is -1.06. The van der Waals surface area contributed by atoms with E-state index in [9.17, 15) is 19.4 Å². The maximum absolute atomic E-state index is 12.9. The average Bonchev–Trinajstić information content (AvgIpc) is 3.86. The van der Waals surface area contributed by atoms with E-state index < -0.39 is 20.0 Å². The average molecular weight is 772 g/mol. The van der Waals surface area contributed by atoms with Gasteiger partial charge in [0.1, 0.15) is 13.2 Å². The van der Waals surface area contributed by atoms with E-state index in [0.717, 1.165) is 64.2 Å². The van der Waals surface area contributed by atoms with Crippen LogP contribution < -0.4 is 5.32 Å². The number of unbranched alkanes of at least 4 members (excludes halogenated alkanes) is 20. The first-order valence-corrected chi connectivity index (χ1v) is 23.3. The predicted molar refractivity (Wildman–Crippen MR) is 221 cm³/mol. The highest BCUT2D eigenvalue weighted by molar-refractivity contribution is 7.47. The molecule has 1 amide bonds. The van der Waals surface area contributed by atoms with Crippen LogP contribution in [-0.2, 0) is 23.1 Å². The zero-order chi connectivity index (χ0) is 39.0. The molecule has 1 saturated heterocycles. The Balaban J connectivity index is 2.34. The molecule has 0 saturated carbocycles. The molecule has 1 aliphatic rings. The summed E-state index contributed by atoms with van der Waals surface area (Å²) in [5, 5.41) is 13.8. The Morgan fingerprint density at radius 2 is 1.26 bits per heavy atom. The molecule has 0 aromatic heterocycles. The van der Waals surface area contributed by atoms with Crippen LogP contribution in [-0.4, -0.2) is 85.6 Å². The van der Waals surface area contributed by atoms with E-state index in [1.165, 1.54) is 96.3 Å². The Kier molecular flexibility index (Phi) is 30.2. The van der Waals surface area contributed by atoms with Gasteiger partial charge in [0.25, 0.3) is 0 Å². The number of nitrogens with one attached hydrogen (secondary N) is 1. The van der Waals surface area contributed by atoms with Crippen molar-refractivity contribution < 1.29 is 37.6 Å². The first-order chi connectivity index (χ1) is 25.5. The summed E-state index contributed by atoms with van der Waals surface area (Å²) in [5.74, 6) is -0.196. The second kappa shape index (κ2) is 32.1. The van der Waals surface area contributed by atoms with Gasteiger partial charge < -0.3 is 24.5 Å². The largest absolute Gasteiger partial charge is 0.472 e. The summed E-state index contributed by atoms with van der Waals surface area (Å²) >= 11 is 0. The number of carbonyl (C=O) groups excluding carboxylic acids is 1. The van der Waals surface area contributed by atoms with Crippen LogP contribution >= 0.6 is 7.82 Å². The number of epoxide rings is 1. The normalized spacial score (nSPS) is 18.5. The second-order valence-corrected chi connectivity index (χ2v) is 17.9. The van der Waals surface area contributed by atoms with Gasteiger partial charge in [-0.05, 0) is 44.9 Å². The van der Waals surface area contributed by atoms with E-state index in [-0.39, 0.29) is 19.1 Å². The standard InChI is InChI=1S/C43H83N2O7P/c1-6-8-10-12-14-15-16-17-18-19-20-21-22-24-28-32-40(46)39(38-51-53(48,49)50-37-36-45(3,4)5)44-43(47)35-31-27-23-26-30-34-42-41(52-42)33-29-25-13-11-9-7-2/h25,28-29,32,39-42,46H,6-24,26-27,30-31,33-38H2,1-5H3,(H-,44,47,48,49)/p+1/b29-25-,32-28+/t39-,40+,41?,42?/m0/s1. The number of carbonyl (C=O) groups is 1. The Morgan fingerprint density at radius 1 is 0.736 bits per heavy atom. The highest BCUT2D eigenvalue weighted by Gasteiger charge is 2.36. The molecule has 10 heteroatoms. The molecule has 0 spiro atoms. The second-order valence-electron chi connectivity index (χ2n) is 16.5. The fourth-order valence-electron chi connectivity index (χ4n) is 6.46. The van der Waals surface area contributed by atoms with Crippen LogP contribution in [0, 0.1) is 0 Å². The van der Waals surface area contributed by atoms with Gasteiger partial charge in [-0.25, -0.2) is 4.57 Å². The molecular weight excluding hydrogens is 687 g/mol. The highest BCUT2D eigenvalue weighted by Crippen LogP contribution is 2.43. The fourth-order valence-corrected chi connectivity index (χ4v) is 7.19. The third-order valence-corrected chi connectivity index (χ3v) is 11.1. The lowest BCUT2D eigenvalue weighted by Gasteiger charge is -2.25. The number of ether oxygens (including phenoxy) is 1. The lowest BCUT2D eigenvalue weighted by molar-refractivity contribution is -0.870. The Labute approximate surface area is 326 Å². The number of rotatable bonds is 38. The molecule has 5 atom stereocenters. The third-order valence-electron chi connectivity index (χ3n) is 10.1. The van der Waals surface area contributed by atoms with Crippen molar-refractivity contribution in [3.05, 3.63) is 24.3 Å². The summed E-state index contributed by atoms with van der Waals surface area (Å²) in [4.78, 5) is 23.1. The van der Waals surface area contributed by atoms with E-state index in [2.05, 4.69) is 31.3 Å². The van der Waals surface area contributed by atoms with E-state index in [4.69, 9.17) is 13.8 Å². The number of allylic oxidation sites excluding steroid dienone is 2. The van der Waals surface area contributed by atoms with Crippen LogP contribution in [0.1, 0.15) is 181 Å². The van der Waals surface area contributed by atoms with Gasteiger partial charge in [-0.1, -0.05) is 154 Å². The molecule has 9 nitrogen and oxygen atoms in total. The van der Waals surface area contributed by atoms with Crippen molar-refractivity contribution in [2.45, 2.75) is 205 Å². The van der Waals surface area contributed by atoms with Gasteiger partial charge in [0, 0.05) is 6.42 Å². The lowest BCUT2D eigenvalue weighted by Crippen LogP contribution is -2.45. The van der Waals surface area contributed by atoms with Crippen molar-refractivity contribution in [2.75, 3.05) is 40.9 Å². The third kappa shape index (κ3) is 31.8. The maximum Gasteiger partial charge on any atom is 0.472 e. The van der Waals surface area contributed by atoms with E-state index in [1.807, 2.05) is 27.2 Å². The molecule has 0 aliphatic carbocycles. The summed E-state index contributed by atoms with van der Waals surface area (Å²) < 4.78 is 29.4. The first-order valence-electron chi connectivity index (χ1n) is 21.8. The van der Waals surface area contributed by atoms with Gasteiger partial charge in [-0.3, -0.25) is 13.8 Å². The van der Waals surface area contributed by atoms with Crippen molar-refractivity contribution >= 4 is 13.7 Å². The van der Waals surface area contributed by atoms with Crippen LogP contribution in [0.5, 0.6) is 0 Å². The molecule has 0 aromatic carbocycles. The molecule has 1 rings (SSSR count). The quantitative estimate of drug-likeness (QED) is 0.0188. The van der Waals surface area contributed by atoms with E-state index >= 15 is 0 Å². The zero-order valence-electron chi connectivity index (χ0n) is 35.0. The molecule has 53 heavy (non-hydrogen) atoms. The van der Waals surface area contributed by atoms with E-state index in [1.54, 1.807) is 6.08 Å². The summed E-state index contributed by atoms with van der Waals surface area (Å²) in [6.45, 7) is 4.76. The molecule has 0 aromatic rings. The molecule has 0 bridgehead atoms. The summed E-state index contributed by atoms with van der Waals surface area (Å²) in [6.07, 6.45) is 38.3. The number of nitrogens with zero attached hydrogens (tertiary/aromatic N) is 1. The van der Waals surface area contributed by atoms with Crippen LogP contribution in [0.4, 0.5) is 0 Å². The van der Waals surface area contributed by atoms with Gasteiger partial charge in [0.15, 0.2) is 0 Å². The van der Waals surface area contributed by atoms with Gasteiger partial charge >= 0.3 is 7.82 Å². The van der Waals surface area contributed by atoms with Crippen molar-refractivity contribution in [3.63, 3.8) is 0 Å². The summed E-state index contributed by atoms with van der Waals surface area (Å²) in [6, 6.07) is -0.856. The topological polar surface area (TPSA) is 118 Å². The molecular formula is C43H84N2O7P+. The fraction of sp³-hybridized carbons (Fsp3) is 0.884. The minimum atomic E-state index is -4.34. The van der Waals surface area contributed by atoms with Crippen LogP contribution in [0.15, 0.2) is 24.3 Å². The monoisotopic (exact) mass is 772 g/mol. The minimum Gasteiger partial charge on any atom is -0.387 e. The van der Waals surface area contributed by atoms with Crippen LogP contribution in [0.2, 0.25) is 0 Å². The van der Waals surface area contributed by atoms with Gasteiger partial charge in [-0.2, -0.15) is 0 Å².